The van der Waals surface area contributed by atoms with Crippen molar-refractivity contribution in [3.05, 3.63) is 28.8 Å². The lowest BCUT2D eigenvalue weighted by atomic mass is 10.0. The van der Waals surface area contributed by atoms with Crippen LogP contribution in [-0.2, 0) is 9.53 Å². The zero-order valence-electron chi connectivity index (χ0n) is 14.6. The van der Waals surface area contributed by atoms with Crippen molar-refractivity contribution >= 4 is 11.6 Å². The molecule has 0 aliphatic carbocycles. The zero-order chi connectivity index (χ0) is 23.2. The Labute approximate surface area is 155 Å². The van der Waals surface area contributed by atoms with E-state index in [1.807, 2.05) is 0 Å². The Kier molecular flexibility index (Phi) is 6.26. The molecule has 0 saturated carbocycles. The molecule has 14 heteroatoms. The number of anilines is 1. The number of halogens is 11. The van der Waals surface area contributed by atoms with Crippen LogP contribution in [0.5, 0.6) is 0 Å². The van der Waals surface area contributed by atoms with Gasteiger partial charge in [0.2, 0.25) is 0 Å². The summed E-state index contributed by atoms with van der Waals surface area (Å²) in [5.74, 6) is -16.6. The van der Waals surface area contributed by atoms with Crippen LogP contribution in [0, 0.1) is 20.8 Å². The number of ether oxygens (including phenoxy) is 1. The molecule has 0 aliphatic rings. The minimum Gasteiger partial charge on any atom is -0.321 e. The first kappa shape index (κ1) is 24.9. The molecule has 0 aliphatic heterocycles. The number of amides is 1. The van der Waals surface area contributed by atoms with E-state index in [9.17, 15) is 53.1 Å². The van der Waals surface area contributed by atoms with Crippen molar-refractivity contribution in [2.24, 2.45) is 0 Å². The number of benzene rings is 1. The number of alkyl halides is 11. The summed E-state index contributed by atoms with van der Waals surface area (Å²) >= 11 is 0. The van der Waals surface area contributed by atoms with Crippen molar-refractivity contribution in [1.29, 1.82) is 0 Å². The van der Waals surface area contributed by atoms with Crippen molar-refractivity contribution in [2.45, 2.75) is 51.0 Å². The van der Waals surface area contributed by atoms with Crippen LogP contribution in [0.1, 0.15) is 16.7 Å². The maximum Gasteiger partial charge on any atom is 0.462 e. The van der Waals surface area contributed by atoms with E-state index in [2.05, 4.69) is 4.74 Å². The van der Waals surface area contributed by atoms with Crippen molar-refractivity contribution < 1.29 is 57.8 Å². The minimum absolute atomic E-state index is 0.353. The molecular formula is C15H12F11NO2. The quantitative estimate of drug-likeness (QED) is 0.599. The van der Waals surface area contributed by atoms with Gasteiger partial charge in [0.05, 0.1) is 0 Å². The van der Waals surface area contributed by atoms with Crippen LogP contribution in [0.4, 0.5) is 54.0 Å². The van der Waals surface area contributed by atoms with E-state index in [0.29, 0.717) is 16.7 Å². The van der Waals surface area contributed by atoms with Gasteiger partial charge in [-0.05, 0) is 49.6 Å². The average Bonchev–Trinajstić information content (AvgIpc) is 2.49. The van der Waals surface area contributed by atoms with Crippen LogP contribution in [0.2, 0.25) is 0 Å². The lowest BCUT2D eigenvalue weighted by Gasteiger charge is -2.34. The Bertz CT molecular complexity index is 762. The maximum absolute atomic E-state index is 14.1. The smallest absolute Gasteiger partial charge is 0.321 e. The van der Waals surface area contributed by atoms with Gasteiger partial charge >= 0.3 is 30.2 Å². The highest BCUT2D eigenvalue weighted by Gasteiger charge is 2.79. The summed E-state index contributed by atoms with van der Waals surface area (Å²) in [5, 5.41) is 1.19. The molecule has 1 aromatic carbocycles. The third-order valence-electron chi connectivity index (χ3n) is 3.83. The lowest BCUT2D eigenvalue weighted by Crippen LogP contribution is -2.62. The first-order valence-corrected chi connectivity index (χ1v) is 7.35. The summed E-state index contributed by atoms with van der Waals surface area (Å²) in [6.45, 7) is 4.40. The summed E-state index contributed by atoms with van der Waals surface area (Å²) in [6.07, 6.45) is -20.9. The van der Waals surface area contributed by atoms with Gasteiger partial charge in [0.15, 0.2) is 0 Å². The molecule has 1 N–H and O–H groups in total. The number of hydrogen-bond acceptors (Lipinski definition) is 2. The fourth-order valence-corrected chi connectivity index (χ4v) is 1.96. The van der Waals surface area contributed by atoms with Gasteiger partial charge in [0.1, 0.15) is 0 Å². The van der Waals surface area contributed by atoms with Gasteiger partial charge in [-0.1, -0.05) is 0 Å². The molecule has 0 bridgehead atoms. The first-order valence-electron chi connectivity index (χ1n) is 7.35. The van der Waals surface area contributed by atoms with Crippen molar-refractivity contribution in [1.82, 2.24) is 0 Å². The molecule has 1 atom stereocenters. The van der Waals surface area contributed by atoms with Gasteiger partial charge in [0.25, 0.3) is 5.91 Å². The summed E-state index contributed by atoms with van der Waals surface area (Å²) in [7, 11) is 0. The summed E-state index contributed by atoms with van der Waals surface area (Å²) in [5.41, 5.74) is 0.729. The number of rotatable bonds is 5. The number of nitrogens with one attached hydrogen (secondary N) is 1. The van der Waals surface area contributed by atoms with E-state index in [0.717, 1.165) is 12.1 Å². The van der Waals surface area contributed by atoms with Gasteiger partial charge in [-0.25, -0.2) is 0 Å². The summed E-state index contributed by atoms with van der Waals surface area (Å²) in [6, 6.07) is 1.97. The number of carbonyl (C=O) groups is 1. The molecule has 166 valence electrons. The SMILES string of the molecule is Cc1cc(NC(=O)[C@@](F)(OC(F)(F)C(F)(F)C(F)(F)F)C(F)(F)F)cc(C)c1C. The fourth-order valence-electron chi connectivity index (χ4n) is 1.96. The Morgan fingerprint density at radius 2 is 1.21 bits per heavy atom. The summed E-state index contributed by atoms with van der Waals surface area (Å²) < 4.78 is 143. The van der Waals surface area contributed by atoms with Crippen LogP contribution in [0.15, 0.2) is 12.1 Å². The van der Waals surface area contributed by atoms with E-state index in [1.54, 1.807) is 6.92 Å². The predicted octanol–water partition coefficient (Wildman–Crippen LogP) is 5.59. The molecule has 1 amide bonds. The number of aryl methyl sites for hydroxylation is 2. The highest BCUT2D eigenvalue weighted by molar-refractivity contribution is 5.97. The normalized spacial score (nSPS) is 15.8. The van der Waals surface area contributed by atoms with E-state index in [-0.39, 0.29) is 0 Å². The second-order valence-electron chi connectivity index (χ2n) is 5.97. The van der Waals surface area contributed by atoms with Crippen molar-refractivity contribution in [3.8, 4) is 0 Å². The van der Waals surface area contributed by atoms with Crippen LogP contribution < -0.4 is 5.32 Å². The Hall–Kier alpha value is -2.12. The van der Waals surface area contributed by atoms with Crippen molar-refractivity contribution in [2.75, 3.05) is 5.32 Å². The van der Waals surface area contributed by atoms with E-state index >= 15 is 0 Å². The Morgan fingerprint density at radius 1 is 0.793 bits per heavy atom. The maximum atomic E-state index is 14.1. The van der Waals surface area contributed by atoms with Crippen molar-refractivity contribution in [3.63, 3.8) is 0 Å². The Morgan fingerprint density at radius 3 is 1.55 bits per heavy atom. The summed E-state index contributed by atoms with van der Waals surface area (Å²) in [4.78, 5) is 11.7. The molecule has 1 rings (SSSR count). The van der Waals surface area contributed by atoms with Gasteiger partial charge in [-0.2, -0.15) is 48.3 Å². The second-order valence-corrected chi connectivity index (χ2v) is 5.97. The molecule has 0 fully saturated rings. The average molecular weight is 447 g/mol. The first-order chi connectivity index (χ1) is 12.7. The predicted molar refractivity (Wildman–Crippen MR) is 76.2 cm³/mol. The molecule has 0 unspecified atom stereocenters. The standard InChI is InChI=1S/C15H12F11NO2/c1-6-4-9(5-7(2)8(6)3)27-10(28)11(16,13(19,20)21)29-15(25,26)12(17,18)14(22,23)24/h4-5H,1-3H3,(H,27,28)/t11-/m1/s1. The topological polar surface area (TPSA) is 38.3 Å². The number of carbonyl (C=O) groups excluding carboxylic acids is 1. The molecule has 0 aromatic heterocycles. The lowest BCUT2D eigenvalue weighted by molar-refractivity contribution is -0.472. The highest BCUT2D eigenvalue weighted by Crippen LogP contribution is 2.51. The Balaban J connectivity index is 3.37. The van der Waals surface area contributed by atoms with Crippen LogP contribution in [-0.4, -0.2) is 36.1 Å². The largest absolute Gasteiger partial charge is 0.462 e. The molecule has 1 aromatic rings. The molecule has 0 radical (unpaired) electrons. The third kappa shape index (κ3) is 4.56. The molecule has 0 spiro atoms. The minimum atomic E-state index is -7.24. The van der Waals surface area contributed by atoms with Crippen LogP contribution >= 0.6 is 0 Å². The molecule has 3 nitrogen and oxygen atoms in total. The van der Waals surface area contributed by atoms with Gasteiger partial charge in [-0.3, -0.25) is 9.53 Å². The molecule has 29 heavy (non-hydrogen) atoms. The van der Waals surface area contributed by atoms with Gasteiger partial charge < -0.3 is 5.32 Å². The van der Waals surface area contributed by atoms with Crippen LogP contribution in [0.3, 0.4) is 0 Å². The van der Waals surface area contributed by atoms with Gasteiger partial charge in [-0.15, -0.1) is 0 Å². The highest BCUT2D eigenvalue weighted by atomic mass is 19.4. The zero-order valence-corrected chi connectivity index (χ0v) is 14.6. The molecule has 0 heterocycles. The second kappa shape index (κ2) is 7.29. The fraction of sp³-hybridized carbons (Fsp3) is 0.533. The molecular weight excluding hydrogens is 435 g/mol. The third-order valence-corrected chi connectivity index (χ3v) is 3.83. The molecule has 0 saturated heterocycles. The monoisotopic (exact) mass is 447 g/mol. The van der Waals surface area contributed by atoms with Gasteiger partial charge in [0, 0.05) is 5.69 Å². The van der Waals surface area contributed by atoms with E-state index < -0.39 is 41.8 Å². The van der Waals surface area contributed by atoms with Crippen LogP contribution in [0.25, 0.3) is 0 Å². The van der Waals surface area contributed by atoms with E-state index in [1.165, 1.54) is 19.2 Å². The van der Waals surface area contributed by atoms with E-state index in [4.69, 9.17) is 0 Å². The number of hydrogen-bond donors (Lipinski definition) is 1.